The summed E-state index contributed by atoms with van der Waals surface area (Å²) in [7, 11) is -2.37. The second kappa shape index (κ2) is 7.17. The normalized spacial score (nSPS) is 15.0. The van der Waals surface area contributed by atoms with Crippen molar-refractivity contribution in [3.05, 3.63) is 40.2 Å². The van der Waals surface area contributed by atoms with Crippen molar-refractivity contribution in [1.82, 2.24) is 0 Å². The predicted octanol–water partition coefficient (Wildman–Crippen LogP) is 2.12. The molecule has 9 heteroatoms. The van der Waals surface area contributed by atoms with Crippen LogP contribution in [0.3, 0.4) is 0 Å². The molecule has 0 aliphatic carbocycles. The largest absolute Gasteiger partial charge is 0.480 e. The summed E-state index contributed by atoms with van der Waals surface area (Å²) >= 11 is 0. The summed E-state index contributed by atoms with van der Waals surface area (Å²) in [6.07, 6.45) is -0.227. The lowest BCUT2D eigenvalue weighted by Crippen LogP contribution is -2.31. The molecule has 2 unspecified atom stereocenters. The van der Waals surface area contributed by atoms with E-state index >= 15 is 0 Å². The zero-order valence-electron chi connectivity index (χ0n) is 13.2. The number of carbonyl (C=O) groups is 1. The number of rotatable bonds is 7. The van der Waals surface area contributed by atoms with Crippen molar-refractivity contribution >= 4 is 24.5 Å². The SMILES string of the molecule is COP(=O)(CCC(N)C(=O)O)Oc1ccc2c(C)cc(=O)oc2c1. The number of aryl methyl sites for hydroxylation is 1. The Hall–Kier alpha value is -2.15. The minimum absolute atomic E-state index is 0.0672. The van der Waals surface area contributed by atoms with Gasteiger partial charge >= 0.3 is 19.2 Å². The van der Waals surface area contributed by atoms with E-state index in [2.05, 4.69) is 0 Å². The Labute approximate surface area is 137 Å². The highest BCUT2D eigenvalue weighted by molar-refractivity contribution is 7.54. The number of carboxylic acid groups (broad SMARTS) is 1. The minimum Gasteiger partial charge on any atom is -0.480 e. The first-order chi connectivity index (χ1) is 11.2. The van der Waals surface area contributed by atoms with Gasteiger partial charge in [0, 0.05) is 24.6 Å². The van der Waals surface area contributed by atoms with E-state index in [9.17, 15) is 14.2 Å². The Kier molecular flexibility index (Phi) is 5.43. The first kappa shape index (κ1) is 18.2. The summed E-state index contributed by atoms with van der Waals surface area (Å²) in [5, 5.41) is 9.50. The van der Waals surface area contributed by atoms with Crippen molar-refractivity contribution in [1.29, 1.82) is 0 Å². The van der Waals surface area contributed by atoms with E-state index in [1.54, 1.807) is 19.1 Å². The molecule has 0 aliphatic heterocycles. The molecule has 3 N–H and O–H groups in total. The molecular weight excluding hydrogens is 337 g/mol. The number of aliphatic carboxylic acids is 1. The number of fused-ring (bicyclic) bond motifs is 1. The Balaban J connectivity index is 2.24. The maximum atomic E-state index is 12.6. The van der Waals surface area contributed by atoms with Crippen molar-refractivity contribution in [2.24, 2.45) is 5.73 Å². The van der Waals surface area contributed by atoms with Crippen LogP contribution in [-0.2, 0) is 13.9 Å². The third kappa shape index (κ3) is 4.23. The molecule has 0 radical (unpaired) electrons. The van der Waals surface area contributed by atoms with E-state index in [0.29, 0.717) is 5.58 Å². The number of hydrogen-bond acceptors (Lipinski definition) is 7. The van der Waals surface area contributed by atoms with Gasteiger partial charge in [-0.15, -0.1) is 0 Å². The fraction of sp³-hybridized carbons (Fsp3) is 0.333. The summed E-state index contributed by atoms with van der Waals surface area (Å²) in [4.78, 5) is 22.2. The number of benzene rings is 1. The van der Waals surface area contributed by atoms with Crippen molar-refractivity contribution in [3.63, 3.8) is 0 Å². The average Bonchev–Trinajstić information content (AvgIpc) is 2.52. The molecule has 1 aromatic heterocycles. The summed E-state index contributed by atoms with van der Waals surface area (Å²) in [6.45, 7) is 1.77. The lowest BCUT2D eigenvalue weighted by atomic mass is 10.1. The molecule has 130 valence electrons. The van der Waals surface area contributed by atoms with Gasteiger partial charge in [-0.2, -0.15) is 0 Å². The van der Waals surface area contributed by atoms with Gasteiger partial charge in [-0.3, -0.25) is 4.79 Å². The van der Waals surface area contributed by atoms with E-state index < -0.39 is 25.2 Å². The van der Waals surface area contributed by atoms with Crippen LogP contribution >= 0.6 is 7.60 Å². The lowest BCUT2D eigenvalue weighted by Gasteiger charge is -2.18. The van der Waals surface area contributed by atoms with Crippen molar-refractivity contribution in [3.8, 4) is 5.75 Å². The van der Waals surface area contributed by atoms with Crippen LogP contribution in [-0.4, -0.2) is 30.4 Å². The highest BCUT2D eigenvalue weighted by Crippen LogP contribution is 2.48. The fourth-order valence-corrected chi connectivity index (χ4v) is 3.50. The molecule has 8 nitrogen and oxygen atoms in total. The van der Waals surface area contributed by atoms with Crippen LogP contribution in [0.15, 0.2) is 33.5 Å². The van der Waals surface area contributed by atoms with Crippen molar-refractivity contribution in [2.75, 3.05) is 13.3 Å². The summed E-state index contributed by atoms with van der Waals surface area (Å²) < 4.78 is 28.0. The highest BCUT2D eigenvalue weighted by Gasteiger charge is 2.27. The predicted molar refractivity (Wildman–Crippen MR) is 87.6 cm³/mol. The zero-order chi connectivity index (χ0) is 17.9. The topological polar surface area (TPSA) is 129 Å². The van der Waals surface area contributed by atoms with Crippen LogP contribution in [0, 0.1) is 6.92 Å². The van der Waals surface area contributed by atoms with E-state index in [-0.39, 0.29) is 18.3 Å². The number of hydrogen-bond donors (Lipinski definition) is 2. The summed E-state index contributed by atoms with van der Waals surface area (Å²) in [5.41, 5.74) is 5.94. The van der Waals surface area contributed by atoms with Crippen LogP contribution in [0.5, 0.6) is 5.75 Å². The number of carboxylic acids is 1. The van der Waals surface area contributed by atoms with Gasteiger partial charge in [0.25, 0.3) is 0 Å². The van der Waals surface area contributed by atoms with Crippen LogP contribution in [0.1, 0.15) is 12.0 Å². The minimum atomic E-state index is -3.58. The van der Waals surface area contributed by atoms with Gasteiger partial charge in [-0.1, -0.05) is 0 Å². The maximum Gasteiger partial charge on any atom is 0.378 e. The van der Waals surface area contributed by atoms with Crippen molar-refractivity contribution < 1.29 is 27.9 Å². The highest BCUT2D eigenvalue weighted by atomic mass is 31.2. The molecule has 1 heterocycles. The Morgan fingerprint density at radius 3 is 2.75 bits per heavy atom. The molecule has 1 aromatic carbocycles. The molecule has 2 rings (SSSR count). The molecule has 0 fully saturated rings. The second-order valence-electron chi connectivity index (χ2n) is 5.25. The van der Waals surface area contributed by atoms with E-state index in [1.807, 2.05) is 0 Å². The Morgan fingerprint density at radius 1 is 1.42 bits per heavy atom. The van der Waals surface area contributed by atoms with E-state index in [1.165, 1.54) is 19.2 Å². The zero-order valence-corrected chi connectivity index (χ0v) is 14.1. The van der Waals surface area contributed by atoms with E-state index in [0.717, 1.165) is 10.9 Å². The van der Waals surface area contributed by atoms with Crippen LogP contribution in [0.4, 0.5) is 0 Å². The molecule has 0 saturated heterocycles. The van der Waals surface area contributed by atoms with Crippen LogP contribution in [0.25, 0.3) is 11.0 Å². The van der Waals surface area contributed by atoms with Gasteiger partial charge in [0.05, 0.1) is 6.16 Å². The summed E-state index contributed by atoms with van der Waals surface area (Å²) in [5.74, 6) is -1.01. The Bertz CT molecular complexity index is 861. The van der Waals surface area contributed by atoms with Crippen molar-refractivity contribution in [2.45, 2.75) is 19.4 Å². The summed E-state index contributed by atoms with van der Waals surface area (Å²) in [6, 6.07) is 4.89. The van der Waals surface area contributed by atoms with E-state index in [4.69, 9.17) is 24.3 Å². The maximum absolute atomic E-state index is 12.6. The monoisotopic (exact) mass is 355 g/mol. The molecule has 2 atom stereocenters. The third-order valence-electron chi connectivity index (χ3n) is 3.48. The number of nitrogens with two attached hydrogens (primary N) is 1. The van der Waals surface area contributed by atoms with Gasteiger partial charge < -0.3 is 24.3 Å². The molecule has 2 aromatic rings. The van der Waals surface area contributed by atoms with Crippen LogP contribution in [0.2, 0.25) is 0 Å². The van der Waals surface area contributed by atoms with Gasteiger partial charge in [-0.05, 0) is 31.0 Å². The molecule has 0 bridgehead atoms. The first-order valence-electron chi connectivity index (χ1n) is 7.11. The fourth-order valence-electron chi connectivity index (χ4n) is 2.12. The van der Waals surface area contributed by atoms with Gasteiger partial charge in [0.1, 0.15) is 17.4 Å². The Morgan fingerprint density at radius 2 is 2.12 bits per heavy atom. The van der Waals surface area contributed by atoms with Gasteiger partial charge in [0.2, 0.25) is 0 Å². The molecule has 0 spiro atoms. The molecule has 0 amide bonds. The standard InChI is InChI=1S/C15H18NO7P/c1-9-7-14(17)22-13-8-10(3-4-11(9)13)23-24(20,21-2)6-5-12(16)15(18)19/h3-4,7-8,12H,5-6,16H2,1-2H3,(H,18,19). The smallest absolute Gasteiger partial charge is 0.378 e. The van der Waals surface area contributed by atoms with Gasteiger partial charge in [-0.25, -0.2) is 9.36 Å². The van der Waals surface area contributed by atoms with Crippen LogP contribution < -0.4 is 15.9 Å². The van der Waals surface area contributed by atoms with Gasteiger partial charge in [0.15, 0.2) is 0 Å². The quantitative estimate of drug-likeness (QED) is 0.571. The third-order valence-corrected chi connectivity index (χ3v) is 5.33. The molecular formula is C15H18NO7P. The molecule has 0 saturated carbocycles. The lowest BCUT2D eigenvalue weighted by molar-refractivity contribution is -0.138. The second-order valence-corrected chi connectivity index (χ2v) is 7.46. The average molecular weight is 355 g/mol. The molecule has 24 heavy (non-hydrogen) atoms. The molecule has 0 aliphatic rings. The first-order valence-corrected chi connectivity index (χ1v) is 8.84.